The van der Waals surface area contributed by atoms with Crippen molar-refractivity contribution in [2.75, 3.05) is 0 Å². The van der Waals surface area contributed by atoms with Gasteiger partial charge in [0.25, 0.3) is 0 Å². The topological polar surface area (TPSA) is 54.8 Å². The largest absolute Gasteiger partial charge is 0.324 e. The first-order valence-electron chi connectivity index (χ1n) is 21.9. The van der Waals surface area contributed by atoms with Crippen LogP contribution >= 0.6 is 0 Å². The minimum Gasteiger partial charge on any atom is -0.324 e. The summed E-state index contributed by atoms with van der Waals surface area (Å²) in [5.74, 6) is 0. The Morgan fingerprint density at radius 3 is 1.85 bits per heavy atom. The molecule has 0 saturated heterocycles. The quantitative estimate of drug-likeness (QED) is 0.117. The summed E-state index contributed by atoms with van der Waals surface area (Å²) in [6.07, 6.45) is 13.7. The van der Waals surface area contributed by atoms with Crippen molar-refractivity contribution in [3.05, 3.63) is 215 Å². The van der Waals surface area contributed by atoms with Gasteiger partial charge in [0.05, 0.1) is 16.7 Å². The summed E-state index contributed by atoms with van der Waals surface area (Å²) in [7, 11) is 0. The number of rotatable bonds is 8. The standard InChI is InChI=1S/C34H32N2.C14H13N.C6H10.2C2H6/c1-23-12-10-20-30-32(23)33-28(25-14-5-3-6-15-25)19-11-21-31(33)36(30)34-24(2)13-9-18-27(34)22-29(35)26-16-7-4-8-17-26;1-11(15)12-7-9-14(10-8-12)13-5-3-2-4-6-13;1-4-5-6(2)3;2*1-2/h3-5,7-14,16-21,29H,6,15,22,35H2,1-2H3;2-10,15H,1H3;4-5H,2H2,1,3H3;2*1-2H3/b;;5-4-;;. The molecule has 1 aliphatic carbocycles. The molecule has 314 valence electrons. The van der Waals surface area contributed by atoms with Crippen molar-refractivity contribution in [2.24, 2.45) is 5.73 Å². The van der Waals surface area contributed by atoms with E-state index in [2.05, 4.69) is 146 Å². The fourth-order valence-electron chi connectivity index (χ4n) is 7.71. The lowest BCUT2D eigenvalue weighted by molar-refractivity contribution is 0.718. The van der Waals surface area contributed by atoms with Gasteiger partial charge in [0, 0.05) is 22.5 Å². The molecule has 1 unspecified atom stereocenters. The third-order valence-corrected chi connectivity index (χ3v) is 10.5. The van der Waals surface area contributed by atoms with Crippen LogP contribution in [0.25, 0.3) is 44.2 Å². The first-order valence-corrected chi connectivity index (χ1v) is 21.9. The summed E-state index contributed by atoms with van der Waals surface area (Å²) in [6, 6.07) is 48.9. The maximum atomic E-state index is 7.51. The Morgan fingerprint density at radius 1 is 0.705 bits per heavy atom. The van der Waals surface area contributed by atoms with E-state index in [4.69, 9.17) is 11.1 Å². The van der Waals surface area contributed by atoms with Crippen molar-refractivity contribution in [3.63, 3.8) is 0 Å². The zero-order valence-corrected chi connectivity index (χ0v) is 38.1. The van der Waals surface area contributed by atoms with Gasteiger partial charge in [-0.2, -0.15) is 0 Å². The maximum absolute atomic E-state index is 7.51. The van der Waals surface area contributed by atoms with E-state index in [0.717, 1.165) is 30.4 Å². The van der Waals surface area contributed by atoms with Crippen molar-refractivity contribution in [1.82, 2.24) is 4.57 Å². The molecule has 3 N–H and O–H groups in total. The van der Waals surface area contributed by atoms with Gasteiger partial charge in [0.1, 0.15) is 0 Å². The summed E-state index contributed by atoms with van der Waals surface area (Å²) in [5.41, 5.74) is 23.4. The number of hydrogen-bond donors (Lipinski definition) is 2. The number of para-hydroxylation sites is 1. The number of nitrogens with zero attached hydrogens (tertiary/aromatic N) is 1. The Bertz CT molecular complexity index is 2560. The highest BCUT2D eigenvalue weighted by Crippen LogP contribution is 2.41. The second-order valence-electron chi connectivity index (χ2n) is 14.9. The second-order valence-corrected chi connectivity index (χ2v) is 14.9. The van der Waals surface area contributed by atoms with E-state index in [0.29, 0.717) is 5.71 Å². The van der Waals surface area contributed by atoms with Crippen LogP contribution < -0.4 is 5.73 Å². The molecule has 0 saturated carbocycles. The maximum Gasteiger partial charge on any atom is 0.0547 e. The molecule has 0 aliphatic heterocycles. The summed E-state index contributed by atoms with van der Waals surface area (Å²) >= 11 is 0. The number of fused-ring (bicyclic) bond motifs is 3. The SMILES string of the molecule is C=C(C)/C=C\C.CC.CC.CC(=N)c1ccc(-c2ccccc2)cc1.Cc1cccc(CC(N)c2ccccc2)c1-n1c2cccc(C)c2c2c(C3=CC=CCC3)cccc21. The Labute approximate surface area is 367 Å². The van der Waals surface area contributed by atoms with Gasteiger partial charge >= 0.3 is 0 Å². The number of nitrogens with one attached hydrogen (secondary N) is 1. The van der Waals surface area contributed by atoms with Crippen LogP contribution in [0.5, 0.6) is 0 Å². The molecule has 0 radical (unpaired) electrons. The highest BCUT2D eigenvalue weighted by molar-refractivity contribution is 6.15. The van der Waals surface area contributed by atoms with Crippen LogP contribution in [-0.2, 0) is 6.42 Å². The van der Waals surface area contributed by atoms with E-state index in [1.165, 1.54) is 72.0 Å². The molecule has 7 aromatic rings. The Morgan fingerprint density at radius 2 is 1.28 bits per heavy atom. The first kappa shape index (κ1) is 47.4. The molecule has 1 heterocycles. The zero-order valence-electron chi connectivity index (χ0n) is 38.1. The lowest BCUT2D eigenvalue weighted by atomic mass is 9.93. The number of aromatic nitrogens is 1. The number of nitrogens with two attached hydrogens (primary N) is 1. The summed E-state index contributed by atoms with van der Waals surface area (Å²) in [6.45, 7) is 21.9. The molecule has 6 aromatic carbocycles. The average molecular weight is 806 g/mol. The van der Waals surface area contributed by atoms with Crippen LogP contribution in [0.2, 0.25) is 0 Å². The van der Waals surface area contributed by atoms with Crippen LogP contribution in [-0.4, -0.2) is 10.3 Å². The van der Waals surface area contributed by atoms with Gasteiger partial charge in [-0.1, -0.05) is 198 Å². The normalized spacial score (nSPS) is 12.1. The molecule has 0 fully saturated rings. The number of aryl methyl sites for hydroxylation is 2. The molecular formula is C58H67N3. The van der Waals surface area contributed by atoms with E-state index in [1.54, 1.807) is 6.92 Å². The van der Waals surface area contributed by atoms with Crippen molar-refractivity contribution >= 4 is 33.1 Å². The van der Waals surface area contributed by atoms with Gasteiger partial charge in [-0.15, -0.1) is 0 Å². The molecule has 1 aliphatic rings. The lowest BCUT2D eigenvalue weighted by Gasteiger charge is -2.20. The highest BCUT2D eigenvalue weighted by Gasteiger charge is 2.21. The minimum atomic E-state index is -0.0590. The second kappa shape index (κ2) is 24.1. The molecule has 0 bridgehead atoms. The molecule has 61 heavy (non-hydrogen) atoms. The fraction of sp³-hybridized carbons (Fsp3) is 0.224. The number of hydrogen-bond acceptors (Lipinski definition) is 2. The van der Waals surface area contributed by atoms with Crippen molar-refractivity contribution in [3.8, 4) is 16.8 Å². The summed E-state index contributed by atoms with van der Waals surface area (Å²) < 4.78 is 2.49. The fourth-order valence-corrected chi connectivity index (χ4v) is 7.71. The van der Waals surface area contributed by atoms with Crippen molar-refractivity contribution in [1.29, 1.82) is 5.41 Å². The molecule has 0 amide bonds. The number of allylic oxidation sites excluding steroid dienone is 7. The van der Waals surface area contributed by atoms with Crippen LogP contribution in [0.15, 0.2) is 182 Å². The van der Waals surface area contributed by atoms with E-state index >= 15 is 0 Å². The molecule has 1 atom stereocenters. The Kier molecular flexibility index (Phi) is 18.7. The van der Waals surface area contributed by atoms with Gasteiger partial charge < -0.3 is 15.7 Å². The molecular weight excluding hydrogens is 739 g/mol. The third-order valence-electron chi connectivity index (χ3n) is 10.5. The van der Waals surface area contributed by atoms with Crippen molar-refractivity contribution < 1.29 is 0 Å². The first-order chi connectivity index (χ1) is 29.7. The Hall–Kier alpha value is -6.29. The number of benzene rings is 6. The third kappa shape index (κ3) is 12.2. The van der Waals surface area contributed by atoms with Gasteiger partial charge in [0.2, 0.25) is 0 Å². The van der Waals surface area contributed by atoms with Crippen LogP contribution in [0.1, 0.15) is 101 Å². The smallest absolute Gasteiger partial charge is 0.0547 e. The van der Waals surface area contributed by atoms with Gasteiger partial charge in [0.15, 0.2) is 0 Å². The monoisotopic (exact) mass is 806 g/mol. The average Bonchev–Trinajstić information content (AvgIpc) is 3.64. The Balaban J connectivity index is 0.000000270. The van der Waals surface area contributed by atoms with E-state index in [1.807, 2.05) is 90.1 Å². The predicted molar refractivity (Wildman–Crippen MR) is 270 cm³/mol. The molecule has 3 heteroatoms. The van der Waals surface area contributed by atoms with Gasteiger partial charge in [-0.25, -0.2) is 0 Å². The van der Waals surface area contributed by atoms with E-state index in [9.17, 15) is 0 Å². The molecule has 1 aromatic heterocycles. The molecule has 3 nitrogen and oxygen atoms in total. The predicted octanol–water partition coefficient (Wildman–Crippen LogP) is 16.3. The van der Waals surface area contributed by atoms with Gasteiger partial charge in [-0.05, 0) is 116 Å². The van der Waals surface area contributed by atoms with Gasteiger partial charge in [-0.3, -0.25) is 0 Å². The van der Waals surface area contributed by atoms with Crippen molar-refractivity contribution in [2.45, 2.75) is 87.6 Å². The van der Waals surface area contributed by atoms with E-state index in [-0.39, 0.29) is 6.04 Å². The summed E-state index contributed by atoms with van der Waals surface area (Å²) in [5, 5.41) is 10.2. The van der Waals surface area contributed by atoms with E-state index < -0.39 is 0 Å². The molecule has 8 rings (SSSR count). The minimum absolute atomic E-state index is 0.0590. The van der Waals surface area contributed by atoms with Crippen LogP contribution in [0.4, 0.5) is 0 Å². The van der Waals surface area contributed by atoms with Crippen LogP contribution in [0, 0.1) is 19.3 Å². The zero-order chi connectivity index (χ0) is 44.3. The summed E-state index contributed by atoms with van der Waals surface area (Å²) in [4.78, 5) is 0. The highest BCUT2D eigenvalue weighted by atomic mass is 15.0. The van der Waals surface area contributed by atoms with Crippen LogP contribution in [0.3, 0.4) is 0 Å². The lowest BCUT2D eigenvalue weighted by Crippen LogP contribution is -2.15. The molecule has 0 spiro atoms.